The Balaban J connectivity index is 2.23. The van der Waals surface area contributed by atoms with Crippen LogP contribution in [0.1, 0.15) is 23.6 Å². The lowest BCUT2D eigenvalue weighted by molar-refractivity contribution is -0.0325. The molecule has 0 saturated carbocycles. The average Bonchev–Trinajstić information content (AvgIpc) is 2.75. The van der Waals surface area contributed by atoms with E-state index in [9.17, 15) is 5.11 Å². The number of aliphatic hydroxyl groups excluding tert-OH is 1. The van der Waals surface area contributed by atoms with E-state index in [2.05, 4.69) is 0 Å². The third kappa shape index (κ3) is 4.03. The van der Waals surface area contributed by atoms with Crippen LogP contribution in [-0.4, -0.2) is 32.0 Å². The molecule has 0 aliphatic heterocycles. The van der Waals surface area contributed by atoms with Gasteiger partial charge in [-0.2, -0.15) is 0 Å². The van der Waals surface area contributed by atoms with Crippen molar-refractivity contribution >= 4 is 0 Å². The molecule has 146 valence electrons. The van der Waals surface area contributed by atoms with Crippen molar-refractivity contribution in [1.29, 1.82) is 0 Å². The normalized spacial score (nSPS) is 12.4. The summed E-state index contributed by atoms with van der Waals surface area (Å²) < 4.78 is 17.1. The Kier molecular flexibility index (Phi) is 6.34. The molecule has 4 heteroatoms. The maximum atomic E-state index is 9.96. The monoisotopic (exact) mass is 378 g/mol. The molecule has 1 atom stereocenters. The first kappa shape index (κ1) is 19.9. The van der Waals surface area contributed by atoms with E-state index < -0.39 is 11.7 Å². The zero-order valence-electron chi connectivity index (χ0n) is 16.5. The summed E-state index contributed by atoms with van der Waals surface area (Å²) in [6, 6.07) is 25.7. The van der Waals surface area contributed by atoms with E-state index in [0.717, 1.165) is 28.2 Å². The van der Waals surface area contributed by atoms with Gasteiger partial charge in [0, 0.05) is 0 Å². The highest BCUT2D eigenvalue weighted by molar-refractivity contribution is 5.49. The first-order valence-electron chi connectivity index (χ1n) is 9.26. The van der Waals surface area contributed by atoms with Gasteiger partial charge in [-0.3, -0.25) is 0 Å². The zero-order chi connectivity index (χ0) is 20.0. The Morgan fingerprint density at radius 2 is 1.14 bits per heavy atom. The molecule has 3 rings (SSSR count). The number of aliphatic hydroxyl groups is 1. The first-order chi connectivity index (χ1) is 13.6. The summed E-state index contributed by atoms with van der Waals surface area (Å²) in [6.45, 7) is 1.91. The number of ether oxygens (including phenoxy) is 3. The lowest BCUT2D eigenvalue weighted by atomic mass is 9.80. The Morgan fingerprint density at radius 1 is 0.714 bits per heavy atom. The molecule has 1 N–H and O–H groups in total. The fourth-order valence-electron chi connectivity index (χ4n) is 3.32. The number of benzene rings is 3. The Bertz CT molecular complexity index is 808. The number of hydrogen-bond donors (Lipinski definition) is 1. The lowest BCUT2D eigenvalue weighted by Crippen LogP contribution is -2.35. The van der Waals surface area contributed by atoms with Crippen molar-refractivity contribution in [1.82, 2.24) is 0 Å². The van der Waals surface area contributed by atoms with Crippen molar-refractivity contribution in [3.05, 3.63) is 95.6 Å². The predicted molar refractivity (Wildman–Crippen MR) is 110 cm³/mol. The topological polar surface area (TPSA) is 47.9 Å². The molecule has 0 saturated heterocycles. The van der Waals surface area contributed by atoms with Crippen LogP contribution in [0.2, 0.25) is 0 Å². The van der Waals surface area contributed by atoms with E-state index >= 15 is 0 Å². The van der Waals surface area contributed by atoms with Crippen LogP contribution in [0, 0.1) is 0 Å². The van der Waals surface area contributed by atoms with Crippen LogP contribution < -0.4 is 9.47 Å². The van der Waals surface area contributed by atoms with Gasteiger partial charge in [0.25, 0.3) is 0 Å². The SMILES string of the molecule is COc1ccc(C(OC[C@@H](C)O)(c2ccccc2)c2ccc(OC)cc2)cc1. The molecule has 4 nitrogen and oxygen atoms in total. The lowest BCUT2D eigenvalue weighted by Gasteiger charge is -2.36. The Labute approximate surface area is 166 Å². The molecule has 0 bridgehead atoms. The smallest absolute Gasteiger partial charge is 0.143 e. The zero-order valence-corrected chi connectivity index (χ0v) is 16.5. The second-order valence-corrected chi connectivity index (χ2v) is 6.66. The molecule has 3 aromatic carbocycles. The largest absolute Gasteiger partial charge is 0.497 e. The van der Waals surface area contributed by atoms with E-state index in [0.29, 0.717) is 0 Å². The van der Waals surface area contributed by atoms with Gasteiger partial charge in [0.1, 0.15) is 17.1 Å². The van der Waals surface area contributed by atoms with Crippen molar-refractivity contribution < 1.29 is 19.3 Å². The van der Waals surface area contributed by atoms with E-state index in [-0.39, 0.29) is 6.61 Å². The van der Waals surface area contributed by atoms with Crippen LogP contribution in [0.4, 0.5) is 0 Å². The van der Waals surface area contributed by atoms with Gasteiger partial charge < -0.3 is 19.3 Å². The van der Waals surface area contributed by atoms with Gasteiger partial charge in [-0.15, -0.1) is 0 Å². The van der Waals surface area contributed by atoms with Gasteiger partial charge in [0.15, 0.2) is 0 Å². The fourth-order valence-corrected chi connectivity index (χ4v) is 3.32. The van der Waals surface area contributed by atoms with Crippen LogP contribution in [0.5, 0.6) is 11.5 Å². The summed E-state index contributed by atoms with van der Waals surface area (Å²) in [6.07, 6.45) is -0.598. The number of hydrogen-bond acceptors (Lipinski definition) is 4. The third-order valence-electron chi connectivity index (χ3n) is 4.71. The van der Waals surface area contributed by atoms with E-state index in [1.165, 1.54) is 0 Å². The summed E-state index contributed by atoms with van der Waals surface area (Å²) in [5.41, 5.74) is 2.00. The summed E-state index contributed by atoms with van der Waals surface area (Å²) in [5.74, 6) is 1.55. The maximum absolute atomic E-state index is 9.96. The molecule has 0 radical (unpaired) electrons. The second-order valence-electron chi connectivity index (χ2n) is 6.66. The molecule has 3 aromatic rings. The highest BCUT2D eigenvalue weighted by Gasteiger charge is 2.38. The van der Waals surface area contributed by atoms with Gasteiger partial charge in [0.2, 0.25) is 0 Å². The van der Waals surface area contributed by atoms with Gasteiger partial charge in [-0.1, -0.05) is 54.6 Å². The number of rotatable bonds is 8. The van der Waals surface area contributed by atoms with Crippen molar-refractivity contribution in [3.8, 4) is 11.5 Å². The van der Waals surface area contributed by atoms with Gasteiger partial charge in [0.05, 0.1) is 26.9 Å². The van der Waals surface area contributed by atoms with E-state index in [1.54, 1.807) is 21.1 Å². The minimum atomic E-state index is -0.878. The summed E-state index contributed by atoms with van der Waals surface area (Å²) in [7, 11) is 3.29. The van der Waals surface area contributed by atoms with Crippen LogP contribution in [0.3, 0.4) is 0 Å². The Morgan fingerprint density at radius 3 is 1.54 bits per heavy atom. The molecule has 0 fully saturated rings. The van der Waals surface area contributed by atoms with Crippen molar-refractivity contribution in [3.63, 3.8) is 0 Å². The van der Waals surface area contributed by atoms with E-state index in [1.807, 2.05) is 78.9 Å². The molecule has 0 heterocycles. The van der Waals surface area contributed by atoms with Crippen LogP contribution >= 0.6 is 0 Å². The molecular weight excluding hydrogens is 352 g/mol. The Hall–Kier alpha value is -2.82. The highest BCUT2D eigenvalue weighted by atomic mass is 16.5. The maximum Gasteiger partial charge on any atom is 0.143 e. The summed E-state index contributed by atoms with van der Waals surface area (Å²) >= 11 is 0. The van der Waals surface area contributed by atoms with Crippen molar-refractivity contribution in [2.75, 3.05) is 20.8 Å². The standard InChI is InChI=1S/C24H26O4/c1-18(25)17-28-24(19-7-5-4-6-8-19,20-9-13-22(26-2)14-10-20)21-11-15-23(27-3)16-12-21/h4-16,18,25H,17H2,1-3H3/t18-/m1/s1. The molecule has 0 aromatic heterocycles. The minimum absolute atomic E-state index is 0.187. The predicted octanol–water partition coefficient (Wildman–Crippen LogP) is 4.39. The molecule has 28 heavy (non-hydrogen) atoms. The van der Waals surface area contributed by atoms with Crippen LogP contribution in [0.25, 0.3) is 0 Å². The van der Waals surface area contributed by atoms with Crippen LogP contribution in [-0.2, 0) is 10.3 Å². The quantitative estimate of drug-likeness (QED) is 0.591. The fraction of sp³-hybridized carbons (Fsp3) is 0.250. The van der Waals surface area contributed by atoms with Gasteiger partial charge in [-0.05, 0) is 47.9 Å². The molecular formula is C24H26O4. The number of methoxy groups -OCH3 is 2. The molecule has 0 aliphatic carbocycles. The van der Waals surface area contributed by atoms with Crippen molar-refractivity contribution in [2.24, 2.45) is 0 Å². The van der Waals surface area contributed by atoms with Gasteiger partial charge >= 0.3 is 0 Å². The third-order valence-corrected chi connectivity index (χ3v) is 4.71. The molecule has 0 amide bonds. The highest BCUT2D eigenvalue weighted by Crippen LogP contribution is 2.41. The minimum Gasteiger partial charge on any atom is -0.497 e. The van der Waals surface area contributed by atoms with Crippen LogP contribution in [0.15, 0.2) is 78.9 Å². The molecule has 0 aliphatic rings. The van der Waals surface area contributed by atoms with E-state index in [4.69, 9.17) is 14.2 Å². The van der Waals surface area contributed by atoms with Gasteiger partial charge in [-0.25, -0.2) is 0 Å². The molecule has 0 spiro atoms. The summed E-state index contributed by atoms with van der Waals surface area (Å²) in [5, 5.41) is 9.96. The first-order valence-corrected chi connectivity index (χ1v) is 9.26. The van der Waals surface area contributed by atoms with Crippen molar-refractivity contribution in [2.45, 2.75) is 18.6 Å². The average molecular weight is 378 g/mol. The second kappa shape index (κ2) is 8.91. The molecule has 0 unspecified atom stereocenters. The summed E-state index contributed by atoms with van der Waals surface area (Å²) in [4.78, 5) is 0.